The highest BCUT2D eigenvalue weighted by molar-refractivity contribution is 5.83. The minimum absolute atomic E-state index is 0.403. The predicted octanol–water partition coefficient (Wildman–Crippen LogP) is 5.39. The molecule has 2 heterocycles. The van der Waals surface area contributed by atoms with Gasteiger partial charge in [0.25, 0.3) is 0 Å². The monoisotopic (exact) mass is 437 g/mol. The number of hydrogen-bond donors (Lipinski definition) is 1. The van der Waals surface area contributed by atoms with Gasteiger partial charge < -0.3 is 9.52 Å². The van der Waals surface area contributed by atoms with E-state index in [9.17, 15) is 15.2 Å². The fourth-order valence-electron chi connectivity index (χ4n) is 4.63. The van der Waals surface area contributed by atoms with Crippen molar-refractivity contribution in [2.75, 3.05) is 6.54 Å². The zero-order chi connectivity index (χ0) is 22.9. The predicted molar refractivity (Wildman–Crippen MR) is 125 cm³/mol. The summed E-state index contributed by atoms with van der Waals surface area (Å²) in [5.41, 5.74) is 6.39. The molecule has 4 aromatic rings. The first-order valence-electron chi connectivity index (χ1n) is 11.0. The molecule has 33 heavy (non-hydrogen) atoms. The van der Waals surface area contributed by atoms with Crippen LogP contribution in [0.4, 0.5) is 0 Å². The molecule has 1 saturated heterocycles. The highest BCUT2D eigenvalue weighted by atomic mass is 16.4. The topological polar surface area (TPSA) is 90.4 Å². The summed E-state index contributed by atoms with van der Waals surface area (Å²) < 4.78 is 6.08. The van der Waals surface area contributed by atoms with Gasteiger partial charge in [-0.1, -0.05) is 42.5 Å². The Balaban J connectivity index is 1.53. The largest absolute Gasteiger partial charge is 0.480 e. The summed E-state index contributed by atoms with van der Waals surface area (Å²) >= 11 is 0. The molecule has 0 spiro atoms. The van der Waals surface area contributed by atoms with E-state index in [0.29, 0.717) is 41.1 Å². The average Bonchev–Trinajstić information content (AvgIpc) is 3.46. The molecule has 0 unspecified atom stereocenters. The van der Waals surface area contributed by atoms with Gasteiger partial charge in [-0.25, -0.2) is 4.98 Å². The molecule has 6 heteroatoms. The summed E-state index contributed by atoms with van der Waals surface area (Å²) in [5.74, 6) is -0.363. The molecule has 1 fully saturated rings. The third-order valence-corrected chi connectivity index (χ3v) is 6.36. The van der Waals surface area contributed by atoms with Crippen LogP contribution in [0.15, 0.2) is 65.1 Å². The lowest BCUT2D eigenvalue weighted by Gasteiger charge is -2.21. The van der Waals surface area contributed by atoms with Crippen LogP contribution in [0.5, 0.6) is 0 Å². The van der Waals surface area contributed by atoms with Crippen molar-refractivity contribution >= 4 is 17.1 Å². The molecule has 0 saturated carbocycles. The van der Waals surface area contributed by atoms with E-state index in [0.717, 1.165) is 35.2 Å². The van der Waals surface area contributed by atoms with Gasteiger partial charge in [0.1, 0.15) is 17.6 Å². The van der Waals surface area contributed by atoms with Crippen molar-refractivity contribution < 1.29 is 14.3 Å². The molecule has 0 radical (unpaired) electrons. The molecule has 1 aromatic heterocycles. The van der Waals surface area contributed by atoms with E-state index in [-0.39, 0.29) is 0 Å². The first-order chi connectivity index (χ1) is 16.0. The third-order valence-electron chi connectivity index (χ3n) is 6.36. The number of aliphatic carboxylic acids is 1. The van der Waals surface area contributed by atoms with E-state index < -0.39 is 12.0 Å². The van der Waals surface area contributed by atoms with Crippen molar-refractivity contribution in [1.82, 2.24) is 9.88 Å². The van der Waals surface area contributed by atoms with Gasteiger partial charge in [-0.3, -0.25) is 9.69 Å². The zero-order valence-electron chi connectivity index (χ0n) is 18.3. The minimum Gasteiger partial charge on any atom is -0.480 e. The van der Waals surface area contributed by atoms with Crippen LogP contribution in [0.3, 0.4) is 0 Å². The lowest BCUT2D eigenvalue weighted by molar-refractivity contribution is -0.142. The fourth-order valence-corrected chi connectivity index (χ4v) is 4.63. The number of oxazole rings is 1. The van der Waals surface area contributed by atoms with Crippen LogP contribution in [-0.4, -0.2) is 33.5 Å². The van der Waals surface area contributed by atoms with Gasteiger partial charge in [-0.05, 0) is 61.2 Å². The second-order valence-electron chi connectivity index (χ2n) is 8.44. The number of benzene rings is 3. The molecular weight excluding hydrogens is 414 g/mol. The first kappa shape index (κ1) is 20.9. The fraction of sp³-hybridized carbons (Fsp3) is 0.222. The summed E-state index contributed by atoms with van der Waals surface area (Å²) in [5, 5.41) is 19.4. The minimum atomic E-state index is -0.766. The van der Waals surface area contributed by atoms with Gasteiger partial charge in [-0.2, -0.15) is 5.26 Å². The maximum Gasteiger partial charge on any atom is 0.320 e. The number of hydrogen-bond acceptors (Lipinski definition) is 5. The number of likely N-dealkylation sites (tertiary alicyclic amines) is 1. The molecule has 0 aliphatic carbocycles. The summed E-state index contributed by atoms with van der Waals surface area (Å²) in [6, 6.07) is 21.3. The molecule has 6 nitrogen and oxygen atoms in total. The van der Waals surface area contributed by atoms with Crippen molar-refractivity contribution in [2.24, 2.45) is 0 Å². The van der Waals surface area contributed by atoms with Crippen LogP contribution in [-0.2, 0) is 11.3 Å². The molecule has 1 N–H and O–H groups in total. The second kappa shape index (κ2) is 8.53. The summed E-state index contributed by atoms with van der Waals surface area (Å²) in [6.07, 6.45) is 1.57. The molecule has 1 atom stereocenters. The van der Waals surface area contributed by atoms with Crippen LogP contribution in [0.1, 0.15) is 29.5 Å². The Labute approximate surface area is 191 Å². The first-order valence-corrected chi connectivity index (χ1v) is 11.0. The standard InChI is InChI=1S/C27H23N3O3/c1-17-13-25-23(14-19(17)16-30-12-6-11-24(30)27(31)32)29-26(33-25)21-10-5-9-20(22(21)15-28)18-7-3-2-4-8-18/h2-5,7-10,13-14,24H,6,11-12,16H2,1H3,(H,31,32)/t24-/m1/s1. The Bertz CT molecular complexity index is 1390. The molecule has 0 bridgehead atoms. The van der Waals surface area contributed by atoms with Crippen LogP contribution in [0, 0.1) is 18.3 Å². The summed E-state index contributed by atoms with van der Waals surface area (Å²) in [7, 11) is 0. The molecule has 164 valence electrons. The van der Waals surface area contributed by atoms with E-state index >= 15 is 0 Å². The molecule has 1 aliphatic heterocycles. The lowest BCUT2D eigenvalue weighted by Crippen LogP contribution is -2.35. The molecule has 3 aromatic carbocycles. The van der Waals surface area contributed by atoms with Gasteiger partial charge in [0.15, 0.2) is 5.58 Å². The van der Waals surface area contributed by atoms with E-state index in [1.165, 1.54) is 0 Å². The Morgan fingerprint density at radius 2 is 1.97 bits per heavy atom. The summed E-state index contributed by atoms with van der Waals surface area (Å²) in [4.78, 5) is 18.3. The van der Waals surface area contributed by atoms with Gasteiger partial charge >= 0.3 is 5.97 Å². The highest BCUT2D eigenvalue weighted by Gasteiger charge is 2.30. The van der Waals surface area contributed by atoms with Crippen LogP contribution in [0.25, 0.3) is 33.7 Å². The number of carboxylic acid groups (broad SMARTS) is 1. The highest BCUT2D eigenvalue weighted by Crippen LogP contribution is 2.34. The number of carboxylic acids is 1. The van der Waals surface area contributed by atoms with Crippen LogP contribution < -0.4 is 0 Å². The van der Waals surface area contributed by atoms with Crippen LogP contribution >= 0.6 is 0 Å². The second-order valence-corrected chi connectivity index (χ2v) is 8.44. The zero-order valence-corrected chi connectivity index (χ0v) is 18.3. The quantitative estimate of drug-likeness (QED) is 0.450. The number of fused-ring (bicyclic) bond motifs is 1. The summed E-state index contributed by atoms with van der Waals surface area (Å²) in [6.45, 7) is 3.34. The van der Waals surface area contributed by atoms with Crippen molar-refractivity contribution in [3.63, 3.8) is 0 Å². The SMILES string of the molecule is Cc1cc2oc(-c3cccc(-c4ccccc4)c3C#N)nc2cc1CN1CCC[C@@H]1C(=O)O. The number of nitriles is 1. The van der Waals surface area contributed by atoms with Crippen molar-refractivity contribution in [3.8, 4) is 28.7 Å². The van der Waals surface area contributed by atoms with E-state index in [1.54, 1.807) is 0 Å². The normalized spacial score (nSPS) is 16.2. The molecule has 0 amide bonds. The Morgan fingerprint density at radius 1 is 1.18 bits per heavy atom. The Hall–Kier alpha value is -3.95. The van der Waals surface area contributed by atoms with E-state index in [1.807, 2.05) is 72.5 Å². The maximum absolute atomic E-state index is 11.6. The number of aromatic nitrogens is 1. The molecule has 5 rings (SSSR count). The third kappa shape index (κ3) is 3.88. The van der Waals surface area contributed by atoms with Gasteiger partial charge in [-0.15, -0.1) is 0 Å². The van der Waals surface area contributed by atoms with Crippen molar-refractivity contribution in [2.45, 2.75) is 32.4 Å². The van der Waals surface area contributed by atoms with Gasteiger partial charge in [0, 0.05) is 12.1 Å². The van der Waals surface area contributed by atoms with Crippen LogP contribution in [0.2, 0.25) is 0 Å². The van der Waals surface area contributed by atoms with Crippen molar-refractivity contribution in [3.05, 3.63) is 77.4 Å². The lowest BCUT2D eigenvalue weighted by atomic mass is 9.96. The van der Waals surface area contributed by atoms with E-state index in [2.05, 4.69) is 6.07 Å². The maximum atomic E-state index is 11.6. The average molecular weight is 437 g/mol. The Kier molecular flexibility index (Phi) is 5.41. The Morgan fingerprint density at radius 3 is 2.73 bits per heavy atom. The van der Waals surface area contributed by atoms with E-state index in [4.69, 9.17) is 9.40 Å². The molecule has 1 aliphatic rings. The number of rotatable bonds is 5. The van der Waals surface area contributed by atoms with Gasteiger partial charge in [0.05, 0.1) is 11.1 Å². The smallest absolute Gasteiger partial charge is 0.320 e. The number of nitrogens with zero attached hydrogens (tertiary/aromatic N) is 3. The number of carbonyl (C=O) groups is 1. The van der Waals surface area contributed by atoms with Gasteiger partial charge in [0.2, 0.25) is 5.89 Å². The molecular formula is C27H23N3O3. The number of aryl methyl sites for hydroxylation is 1. The van der Waals surface area contributed by atoms with Crippen molar-refractivity contribution in [1.29, 1.82) is 5.26 Å².